The Labute approximate surface area is 276 Å². The van der Waals surface area contributed by atoms with Gasteiger partial charge in [0.2, 0.25) is 0 Å². The number of nitrogens with two attached hydrogens (primary N) is 1. The number of aliphatic carboxylic acids is 1. The zero-order chi connectivity index (χ0) is 36.6. The van der Waals surface area contributed by atoms with Gasteiger partial charge in [-0.15, -0.1) is 5.10 Å². The van der Waals surface area contributed by atoms with E-state index in [0.29, 0.717) is 28.3 Å². The number of nitrogens with one attached hydrogen (secondary N) is 3. The van der Waals surface area contributed by atoms with Gasteiger partial charge in [-0.3, -0.25) is 15.2 Å². The van der Waals surface area contributed by atoms with E-state index in [4.69, 9.17) is 30.5 Å². The molecule has 18 heteroatoms. The highest BCUT2D eigenvalue weighted by molar-refractivity contribution is 5.95. The Morgan fingerprint density at radius 3 is 2.18 bits per heavy atom. The monoisotopic (exact) mass is 687 g/mol. The maximum absolute atomic E-state index is 13.0. The molecule has 0 fully saturated rings. The zero-order valence-electron chi connectivity index (χ0n) is 26.4. The largest absolute Gasteiger partial charge is 0.493 e. The summed E-state index contributed by atoms with van der Waals surface area (Å²) < 4.78 is 44.2. The number of carbonyl (C=O) groups is 3. The lowest BCUT2D eigenvalue weighted by Crippen LogP contribution is -2.35. The molecule has 0 aliphatic carbocycles. The van der Waals surface area contributed by atoms with Gasteiger partial charge in [-0.1, -0.05) is 18.2 Å². The van der Waals surface area contributed by atoms with Gasteiger partial charge in [0.1, 0.15) is 11.9 Å². The second kappa shape index (κ2) is 15.5. The first-order valence-corrected chi connectivity index (χ1v) is 14.0. The first-order chi connectivity index (χ1) is 22.9. The van der Waals surface area contributed by atoms with Crippen molar-refractivity contribution < 1.29 is 47.2 Å². The van der Waals surface area contributed by atoms with Crippen molar-refractivity contribution >= 4 is 29.4 Å². The van der Waals surface area contributed by atoms with Crippen LogP contribution < -0.4 is 26.2 Å². The molecule has 1 amide bonds. The first kappa shape index (κ1) is 37.1. The van der Waals surface area contributed by atoms with Gasteiger partial charge < -0.3 is 35.6 Å². The summed E-state index contributed by atoms with van der Waals surface area (Å²) in [4.78, 5) is 50.3. The summed E-state index contributed by atoms with van der Waals surface area (Å²) in [6, 6.07) is 17.1. The number of carbonyl (C=O) groups excluding carboxylic acids is 1. The van der Waals surface area contributed by atoms with Crippen LogP contribution in [0.3, 0.4) is 0 Å². The summed E-state index contributed by atoms with van der Waals surface area (Å²) in [6.45, 7) is 1.64. The van der Waals surface area contributed by atoms with Crippen LogP contribution in [-0.2, 0) is 9.59 Å². The predicted molar refractivity (Wildman–Crippen MR) is 170 cm³/mol. The van der Waals surface area contributed by atoms with Crippen LogP contribution in [0.1, 0.15) is 40.3 Å². The van der Waals surface area contributed by atoms with Crippen molar-refractivity contribution in [3.8, 4) is 17.2 Å². The third-order valence-corrected chi connectivity index (χ3v) is 6.63. The number of rotatable bonds is 11. The normalized spacial score (nSPS) is 12.1. The molecule has 2 unspecified atom stereocenters. The van der Waals surface area contributed by atoms with Crippen LogP contribution >= 0.6 is 0 Å². The number of aromatic amines is 1. The minimum absolute atomic E-state index is 0.0828. The van der Waals surface area contributed by atoms with Gasteiger partial charge in [-0.05, 0) is 61.0 Å². The Morgan fingerprint density at radius 1 is 1.04 bits per heavy atom. The highest BCUT2D eigenvalue weighted by Gasteiger charge is 2.38. The number of alkyl halides is 3. The van der Waals surface area contributed by atoms with Crippen molar-refractivity contribution in [2.24, 2.45) is 5.73 Å². The predicted octanol–water partition coefficient (Wildman–Crippen LogP) is 3.24. The van der Waals surface area contributed by atoms with Crippen LogP contribution in [0.4, 0.5) is 18.9 Å². The molecule has 260 valence electrons. The number of carboxylic acid groups (broad SMARTS) is 2. The van der Waals surface area contributed by atoms with Gasteiger partial charge in [0.25, 0.3) is 5.91 Å². The molecular formula is C31H32F3N7O8. The molecule has 0 spiro atoms. The summed E-state index contributed by atoms with van der Waals surface area (Å²) in [7, 11) is 4.74. The lowest BCUT2D eigenvalue weighted by molar-refractivity contribution is -0.192. The Hall–Kier alpha value is -6.33. The van der Waals surface area contributed by atoms with Gasteiger partial charge in [-0.2, -0.15) is 17.9 Å². The minimum Gasteiger partial charge on any atom is -0.493 e. The van der Waals surface area contributed by atoms with E-state index in [2.05, 4.69) is 15.4 Å². The van der Waals surface area contributed by atoms with Gasteiger partial charge >= 0.3 is 23.8 Å². The number of aromatic nitrogens is 3. The maximum Gasteiger partial charge on any atom is 0.490 e. The van der Waals surface area contributed by atoms with Gasteiger partial charge in [0, 0.05) is 25.3 Å². The Bertz CT molecular complexity index is 1890. The van der Waals surface area contributed by atoms with E-state index >= 15 is 0 Å². The number of hydrogen-bond acceptors (Lipinski definition) is 9. The van der Waals surface area contributed by atoms with Crippen molar-refractivity contribution in [2.75, 3.05) is 26.5 Å². The van der Waals surface area contributed by atoms with Crippen LogP contribution in [-0.4, -0.2) is 87.0 Å². The molecule has 0 aliphatic heterocycles. The Kier molecular flexibility index (Phi) is 11.8. The molecule has 4 rings (SSSR count). The number of aromatic carboxylic acids is 1. The number of para-hydroxylation sites is 1. The second-order valence-corrected chi connectivity index (χ2v) is 10.3. The molecule has 0 aliphatic rings. The third kappa shape index (κ3) is 9.37. The number of amidine groups is 1. The third-order valence-electron chi connectivity index (χ3n) is 6.63. The number of benzene rings is 3. The van der Waals surface area contributed by atoms with Gasteiger partial charge in [0.15, 0.2) is 23.4 Å². The smallest absolute Gasteiger partial charge is 0.490 e. The number of halogens is 3. The fraction of sp³-hybridized carbons (Fsp3) is 0.226. The Balaban J connectivity index is 0.000000838. The van der Waals surface area contributed by atoms with Crippen LogP contribution in [0.2, 0.25) is 0 Å². The van der Waals surface area contributed by atoms with E-state index in [-0.39, 0.29) is 28.8 Å². The number of carboxylic acids is 2. The molecule has 7 N–H and O–H groups in total. The average Bonchev–Trinajstić information content (AvgIpc) is 3.44. The standard InChI is InChI=1S/C29H31N7O6.C2HF3O2/c1-16(27(37)35(2)3)42-22-14-11-18(15-23(22)41-4)24(32-19-12-9-17(10-13-19)25(30)31)26-33-29(40)36(34-26)21-8-6-5-7-20(21)28(38)39;3-2(4,5)1(6)7/h5-16,24,32H,1-4H3,(H3,30,31)(H,38,39)(H,33,34,40);(H,6,7). The molecule has 3 aromatic carbocycles. The van der Waals surface area contributed by atoms with Crippen LogP contribution in [0.15, 0.2) is 71.5 Å². The number of amides is 1. The molecule has 4 aromatic rings. The second-order valence-electron chi connectivity index (χ2n) is 10.3. The van der Waals surface area contributed by atoms with Crippen LogP contribution in [0.5, 0.6) is 11.5 Å². The van der Waals surface area contributed by atoms with Crippen molar-refractivity contribution in [1.29, 1.82) is 5.41 Å². The lowest BCUT2D eigenvalue weighted by Gasteiger charge is -2.22. The Morgan fingerprint density at radius 2 is 1.65 bits per heavy atom. The first-order valence-electron chi connectivity index (χ1n) is 14.0. The lowest BCUT2D eigenvalue weighted by atomic mass is 10.0. The van der Waals surface area contributed by atoms with E-state index in [1.165, 1.54) is 24.1 Å². The van der Waals surface area contributed by atoms with Crippen LogP contribution in [0, 0.1) is 5.41 Å². The number of ether oxygens (including phenoxy) is 2. The van der Waals surface area contributed by atoms with E-state index in [1.54, 1.807) is 75.6 Å². The average molecular weight is 688 g/mol. The molecule has 0 bridgehead atoms. The number of nitrogens with zero attached hydrogens (tertiary/aromatic N) is 3. The molecule has 0 saturated heterocycles. The fourth-order valence-corrected chi connectivity index (χ4v) is 4.26. The summed E-state index contributed by atoms with van der Waals surface area (Å²) >= 11 is 0. The number of H-pyrrole nitrogens is 1. The highest BCUT2D eigenvalue weighted by atomic mass is 19.4. The summed E-state index contributed by atoms with van der Waals surface area (Å²) in [6.07, 6.45) is -5.85. The SMILES string of the molecule is COc1cc(C(Nc2ccc(C(=N)N)cc2)c2nn(-c3ccccc3C(=O)O)c(=O)[nH]2)ccc1OC(C)C(=O)N(C)C.O=C(O)C(F)(F)F. The maximum atomic E-state index is 13.0. The van der Waals surface area contributed by atoms with Gasteiger partial charge in [0.05, 0.1) is 18.4 Å². The number of methoxy groups -OCH3 is 1. The number of hydrogen-bond donors (Lipinski definition) is 6. The van der Waals surface area contributed by atoms with E-state index < -0.39 is 36.0 Å². The van der Waals surface area contributed by atoms with E-state index in [0.717, 1.165) is 4.68 Å². The van der Waals surface area contributed by atoms with Crippen molar-refractivity contribution in [1.82, 2.24) is 19.7 Å². The zero-order valence-corrected chi connectivity index (χ0v) is 26.4. The molecule has 0 saturated carbocycles. The molecule has 15 nitrogen and oxygen atoms in total. The molecular weight excluding hydrogens is 655 g/mol. The van der Waals surface area contributed by atoms with Gasteiger partial charge in [-0.25, -0.2) is 14.4 Å². The van der Waals surface area contributed by atoms with Crippen molar-refractivity contribution in [2.45, 2.75) is 25.2 Å². The fourth-order valence-electron chi connectivity index (χ4n) is 4.26. The number of nitrogen functional groups attached to an aromatic ring is 1. The molecule has 1 heterocycles. The van der Waals surface area contributed by atoms with Crippen molar-refractivity contribution in [3.63, 3.8) is 0 Å². The topological polar surface area (TPSA) is 226 Å². The van der Waals surface area contributed by atoms with E-state index in [9.17, 15) is 32.7 Å². The molecule has 1 aromatic heterocycles. The van der Waals surface area contributed by atoms with Crippen LogP contribution in [0.25, 0.3) is 5.69 Å². The summed E-state index contributed by atoms with van der Waals surface area (Å²) in [5.41, 5.74) is 6.72. The summed E-state index contributed by atoms with van der Waals surface area (Å²) in [5.74, 6) is -3.41. The summed E-state index contributed by atoms with van der Waals surface area (Å²) in [5, 5.41) is 32.2. The van der Waals surface area contributed by atoms with Crippen molar-refractivity contribution in [3.05, 3.63) is 99.7 Å². The molecule has 2 atom stereocenters. The van der Waals surface area contributed by atoms with E-state index in [1.807, 2.05) is 0 Å². The number of anilines is 1. The molecule has 49 heavy (non-hydrogen) atoms. The minimum atomic E-state index is -5.08. The molecule has 0 radical (unpaired) electrons. The number of likely N-dealkylation sites (N-methyl/N-ethyl adjacent to an activating group) is 1. The highest BCUT2D eigenvalue weighted by Crippen LogP contribution is 2.34. The quantitative estimate of drug-likeness (QED) is 0.0991.